The molecule has 0 aromatic heterocycles. The van der Waals surface area contributed by atoms with E-state index in [1.807, 2.05) is 0 Å². The van der Waals surface area contributed by atoms with Gasteiger partial charge in [0.1, 0.15) is 0 Å². The van der Waals surface area contributed by atoms with Gasteiger partial charge in [0, 0.05) is 0 Å². The lowest BCUT2D eigenvalue weighted by atomic mass is 10.0. The zero-order chi connectivity index (χ0) is 12.1. The van der Waals surface area contributed by atoms with E-state index in [9.17, 15) is 13.2 Å². The lowest BCUT2D eigenvalue weighted by Gasteiger charge is -2.17. The molecule has 1 fully saturated rings. The van der Waals surface area contributed by atoms with E-state index >= 15 is 0 Å². The summed E-state index contributed by atoms with van der Waals surface area (Å²) in [6.45, 7) is 4.79. The van der Waals surface area contributed by atoms with Gasteiger partial charge < -0.3 is 5.32 Å². The van der Waals surface area contributed by atoms with Crippen molar-refractivity contribution in [1.29, 1.82) is 0 Å². The van der Waals surface area contributed by atoms with Crippen LogP contribution in [-0.2, 0) is 10.1 Å². The topological polar surface area (TPSA) is 66.4 Å². The van der Waals surface area contributed by atoms with Gasteiger partial charge in [0.05, 0.1) is 0 Å². The molecule has 0 unspecified atom stereocenters. The third-order valence-electron chi connectivity index (χ3n) is 1.92. The van der Waals surface area contributed by atoms with Gasteiger partial charge >= 0.3 is 15.6 Å². The minimum Gasteiger partial charge on any atom is -0.317 e. The molecule has 0 radical (unpaired) electrons. The Bertz CT molecular complexity index is 270. The first-order valence-electron chi connectivity index (χ1n) is 4.39. The van der Waals surface area contributed by atoms with Crippen LogP contribution in [0.2, 0.25) is 0 Å². The van der Waals surface area contributed by atoms with Crippen LogP contribution >= 0.6 is 0 Å². The molecule has 1 aliphatic heterocycles. The number of halogens is 3. The summed E-state index contributed by atoms with van der Waals surface area (Å²) >= 11 is 0. The molecule has 0 atom stereocenters. The van der Waals surface area contributed by atoms with Crippen molar-refractivity contribution in [2.24, 2.45) is 5.92 Å². The van der Waals surface area contributed by atoms with Crippen LogP contribution in [0.4, 0.5) is 13.2 Å². The molecule has 1 rings (SSSR count). The molecule has 92 valence electrons. The number of alkyl halides is 3. The first-order chi connectivity index (χ1) is 6.64. The lowest BCUT2D eigenvalue weighted by molar-refractivity contribution is -0.0510. The summed E-state index contributed by atoms with van der Waals surface area (Å²) in [6, 6.07) is 0. The molecule has 1 saturated heterocycles. The van der Waals surface area contributed by atoms with Crippen molar-refractivity contribution in [3.63, 3.8) is 0 Å². The fourth-order valence-electron chi connectivity index (χ4n) is 0.966. The van der Waals surface area contributed by atoms with Crippen molar-refractivity contribution in [3.05, 3.63) is 0 Å². The summed E-state index contributed by atoms with van der Waals surface area (Å²) in [4.78, 5) is 0. The number of nitrogens with one attached hydrogen (secondary N) is 1. The van der Waals surface area contributed by atoms with Crippen LogP contribution in [0.3, 0.4) is 0 Å². The van der Waals surface area contributed by atoms with Crippen molar-refractivity contribution >= 4 is 10.1 Å². The van der Waals surface area contributed by atoms with Gasteiger partial charge in [-0.1, -0.05) is 6.92 Å². The third kappa shape index (κ3) is 6.69. The van der Waals surface area contributed by atoms with Crippen LogP contribution in [0.1, 0.15) is 19.8 Å². The fraction of sp³-hybridized carbons (Fsp3) is 1.00. The van der Waals surface area contributed by atoms with E-state index in [0.29, 0.717) is 0 Å². The minimum absolute atomic E-state index is 0.973. The third-order valence-corrected chi connectivity index (χ3v) is 2.51. The first kappa shape index (κ1) is 14.7. The number of rotatable bonds is 0. The predicted octanol–water partition coefficient (Wildman–Crippen LogP) is 1.40. The number of hydrogen-bond acceptors (Lipinski definition) is 3. The average Bonchev–Trinajstić information content (AvgIpc) is 2.02. The highest BCUT2D eigenvalue weighted by molar-refractivity contribution is 7.86. The molecular weight excluding hydrogens is 235 g/mol. The van der Waals surface area contributed by atoms with Gasteiger partial charge in [-0.2, -0.15) is 21.6 Å². The van der Waals surface area contributed by atoms with Crippen LogP contribution in [0, 0.1) is 5.92 Å². The zero-order valence-electron chi connectivity index (χ0n) is 8.21. The van der Waals surface area contributed by atoms with E-state index in [2.05, 4.69) is 12.2 Å². The average molecular weight is 249 g/mol. The summed E-state index contributed by atoms with van der Waals surface area (Å²) in [7, 11) is -5.84. The largest absolute Gasteiger partial charge is 0.522 e. The van der Waals surface area contributed by atoms with Gasteiger partial charge in [-0.3, -0.25) is 4.55 Å². The molecule has 2 N–H and O–H groups in total. The molecule has 0 saturated carbocycles. The number of piperidine rings is 1. The van der Waals surface area contributed by atoms with Gasteiger partial charge in [-0.25, -0.2) is 0 Å². The Morgan fingerprint density at radius 2 is 1.60 bits per heavy atom. The summed E-state index contributed by atoms with van der Waals surface area (Å²) in [5.41, 5.74) is -5.53. The highest BCUT2D eigenvalue weighted by atomic mass is 32.2. The van der Waals surface area contributed by atoms with E-state index in [1.165, 1.54) is 25.9 Å². The molecule has 1 aliphatic rings. The molecule has 1 heterocycles. The second-order valence-corrected chi connectivity index (χ2v) is 4.77. The Labute approximate surface area is 86.6 Å². The predicted molar refractivity (Wildman–Crippen MR) is 48.9 cm³/mol. The quantitative estimate of drug-likeness (QED) is 0.503. The van der Waals surface area contributed by atoms with Crippen molar-refractivity contribution in [2.45, 2.75) is 25.3 Å². The Morgan fingerprint density at radius 1 is 1.27 bits per heavy atom. The van der Waals surface area contributed by atoms with Crippen molar-refractivity contribution in [1.82, 2.24) is 5.32 Å². The van der Waals surface area contributed by atoms with Crippen LogP contribution in [-0.4, -0.2) is 31.6 Å². The summed E-state index contributed by atoms with van der Waals surface area (Å²) < 4.78 is 57.5. The highest BCUT2D eigenvalue weighted by Crippen LogP contribution is 2.20. The fourth-order valence-corrected chi connectivity index (χ4v) is 0.966. The summed E-state index contributed by atoms with van der Waals surface area (Å²) in [5.74, 6) is 0.973. The lowest BCUT2D eigenvalue weighted by Crippen LogP contribution is -2.26. The van der Waals surface area contributed by atoms with Crippen molar-refractivity contribution in [3.8, 4) is 0 Å². The maximum Gasteiger partial charge on any atom is 0.522 e. The second-order valence-electron chi connectivity index (χ2n) is 3.35. The van der Waals surface area contributed by atoms with E-state index in [4.69, 9.17) is 13.0 Å². The van der Waals surface area contributed by atoms with Gasteiger partial charge in [0.2, 0.25) is 0 Å². The maximum atomic E-state index is 10.7. The highest BCUT2D eigenvalue weighted by Gasteiger charge is 2.44. The van der Waals surface area contributed by atoms with Gasteiger partial charge in [0.15, 0.2) is 0 Å². The Morgan fingerprint density at radius 3 is 1.73 bits per heavy atom. The van der Waals surface area contributed by atoms with Crippen LogP contribution in [0.25, 0.3) is 0 Å². The molecule has 8 heteroatoms. The zero-order valence-corrected chi connectivity index (χ0v) is 9.03. The number of hydrogen-bond donors (Lipinski definition) is 2. The van der Waals surface area contributed by atoms with Gasteiger partial charge in [0.25, 0.3) is 0 Å². The second kappa shape index (κ2) is 5.66. The van der Waals surface area contributed by atoms with Crippen LogP contribution < -0.4 is 5.32 Å². The van der Waals surface area contributed by atoms with Crippen molar-refractivity contribution < 1.29 is 26.1 Å². The monoisotopic (exact) mass is 249 g/mol. The first-order valence-corrected chi connectivity index (χ1v) is 5.83. The Hall–Kier alpha value is -0.340. The SMILES string of the molecule is CC1CCNCC1.O=S(=O)(O)C(F)(F)F. The van der Waals surface area contributed by atoms with Gasteiger partial charge in [-0.15, -0.1) is 0 Å². The Kier molecular flexibility index (Phi) is 5.54. The maximum absolute atomic E-state index is 10.7. The minimum atomic E-state index is -5.84. The normalized spacial score (nSPS) is 19.3. The van der Waals surface area contributed by atoms with Crippen LogP contribution in [0.5, 0.6) is 0 Å². The van der Waals surface area contributed by atoms with E-state index < -0.39 is 15.6 Å². The molecular formula is C7H14F3NO3S. The smallest absolute Gasteiger partial charge is 0.317 e. The van der Waals surface area contributed by atoms with E-state index in [1.54, 1.807) is 0 Å². The van der Waals surface area contributed by atoms with E-state index in [-0.39, 0.29) is 0 Å². The molecule has 0 bridgehead atoms. The molecule has 0 aromatic carbocycles. The summed E-state index contributed by atoms with van der Waals surface area (Å²) in [5, 5.41) is 3.32. The molecule has 15 heavy (non-hydrogen) atoms. The van der Waals surface area contributed by atoms with Crippen molar-refractivity contribution in [2.75, 3.05) is 13.1 Å². The molecule has 4 nitrogen and oxygen atoms in total. The van der Waals surface area contributed by atoms with Gasteiger partial charge in [-0.05, 0) is 31.8 Å². The molecule has 0 amide bonds. The Balaban J connectivity index is 0.000000262. The standard InChI is InChI=1S/C6H13N.CHF3O3S/c1-6-2-4-7-5-3-6;2-1(3,4)8(5,6)7/h6-7H,2-5H2,1H3;(H,5,6,7). The molecule has 0 aliphatic carbocycles. The molecule has 0 spiro atoms. The van der Waals surface area contributed by atoms with Crippen LogP contribution in [0.15, 0.2) is 0 Å². The molecule has 0 aromatic rings. The summed E-state index contributed by atoms with van der Waals surface area (Å²) in [6.07, 6.45) is 2.75. The van der Waals surface area contributed by atoms with E-state index in [0.717, 1.165) is 5.92 Å².